The van der Waals surface area contributed by atoms with Gasteiger partial charge in [0.1, 0.15) is 17.4 Å². The number of nitrogens with one attached hydrogen (secondary N) is 1. The van der Waals surface area contributed by atoms with Crippen LogP contribution in [0.1, 0.15) is 0 Å². The van der Waals surface area contributed by atoms with Crippen LogP contribution in [0.5, 0.6) is 5.75 Å². The molecule has 2 N–H and O–H groups in total. The molecular weight excluding hydrogens is 461 g/mol. The third-order valence-electron chi connectivity index (χ3n) is 6.03. The number of halogens is 2. The fourth-order valence-corrected chi connectivity index (χ4v) is 4.51. The predicted molar refractivity (Wildman–Crippen MR) is 128 cm³/mol. The molecule has 2 aliphatic heterocycles. The van der Waals surface area contributed by atoms with E-state index in [1.54, 1.807) is 47.2 Å². The molecule has 1 aromatic heterocycles. The van der Waals surface area contributed by atoms with Crippen molar-refractivity contribution in [3.63, 3.8) is 0 Å². The van der Waals surface area contributed by atoms with Crippen molar-refractivity contribution in [3.8, 4) is 28.0 Å². The summed E-state index contributed by atoms with van der Waals surface area (Å²) in [5.74, 6) is -0.271. The van der Waals surface area contributed by atoms with Gasteiger partial charge in [-0.15, -0.1) is 0 Å². The van der Waals surface area contributed by atoms with E-state index in [1.807, 2.05) is 0 Å². The van der Waals surface area contributed by atoms with Crippen LogP contribution >= 0.6 is 11.6 Å². The highest BCUT2D eigenvalue weighted by Gasteiger charge is 2.28. The number of carbonyl (C=O) groups is 2. The normalized spacial score (nSPS) is 15.9. The van der Waals surface area contributed by atoms with E-state index in [4.69, 9.17) is 11.6 Å². The Bertz CT molecular complexity index is 1320. The SMILES string of the molecule is CN1CCN(c2ccc(-c3cc(F)cc(-c4ccnc(N5CCNC5=O)c4)c3O)cc2Cl)C1=O. The van der Waals surface area contributed by atoms with Crippen molar-refractivity contribution in [1.29, 1.82) is 0 Å². The highest BCUT2D eigenvalue weighted by molar-refractivity contribution is 6.34. The molecule has 34 heavy (non-hydrogen) atoms. The van der Waals surface area contributed by atoms with E-state index in [1.165, 1.54) is 23.2 Å². The second kappa shape index (κ2) is 8.49. The van der Waals surface area contributed by atoms with Gasteiger partial charge in [-0.25, -0.2) is 19.0 Å². The van der Waals surface area contributed by atoms with Crippen molar-refractivity contribution in [2.45, 2.75) is 0 Å². The molecule has 0 unspecified atom stereocenters. The van der Waals surface area contributed by atoms with E-state index < -0.39 is 5.82 Å². The van der Waals surface area contributed by atoms with Crippen LogP contribution in [0.2, 0.25) is 5.02 Å². The minimum atomic E-state index is -0.545. The molecule has 8 nitrogen and oxygen atoms in total. The van der Waals surface area contributed by atoms with E-state index >= 15 is 0 Å². The van der Waals surface area contributed by atoms with E-state index in [0.717, 1.165) is 0 Å². The summed E-state index contributed by atoms with van der Waals surface area (Å²) in [6.07, 6.45) is 1.51. The number of likely N-dealkylation sites (N-methyl/N-ethyl adjacent to an activating group) is 1. The highest BCUT2D eigenvalue weighted by atomic mass is 35.5. The molecule has 2 fully saturated rings. The first-order chi connectivity index (χ1) is 16.3. The second-order valence-corrected chi connectivity index (χ2v) is 8.56. The zero-order chi connectivity index (χ0) is 24.0. The van der Waals surface area contributed by atoms with Gasteiger partial charge in [0, 0.05) is 50.6 Å². The van der Waals surface area contributed by atoms with E-state index in [2.05, 4.69) is 10.3 Å². The first kappa shape index (κ1) is 22.0. The fraction of sp³-hybridized carbons (Fsp3) is 0.208. The fourth-order valence-electron chi connectivity index (χ4n) is 4.23. The second-order valence-electron chi connectivity index (χ2n) is 8.16. The Morgan fingerprint density at radius 1 is 1.00 bits per heavy atom. The van der Waals surface area contributed by atoms with Gasteiger partial charge in [-0.3, -0.25) is 9.80 Å². The van der Waals surface area contributed by atoms with Gasteiger partial charge in [0.15, 0.2) is 0 Å². The third kappa shape index (κ3) is 3.77. The maximum atomic E-state index is 14.7. The van der Waals surface area contributed by atoms with Crippen molar-refractivity contribution < 1.29 is 19.1 Å². The van der Waals surface area contributed by atoms with Crippen LogP contribution < -0.4 is 15.1 Å². The number of anilines is 2. The average molecular weight is 482 g/mol. The number of hydrogen-bond acceptors (Lipinski definition) is 4. The number of phenols is 1. The number of pyridine rings is 1. The monoisotopic (exact) mass is 481 g/mol. The first-order valence-corrected chi connectivity index (χ1v) is 11.1. The number of aromatic nitrogens is 1. The lowest BCUT2D eigenvalue weighted by Crippen LogP contribution is -2.29. The smallest absolute Gasteiger partial charge is 0.324 e. The summed E-state index contributed by atoms with van der Waals surface area (Å²) in [6, 6.07) is 10.3. The van der Waals surface area contributed by atoms with Crippen LogP contribution in [0.25, 0.3) is 22.3 Å². The molecule has 2 aliphatic rings. The summed E-state index contributed by atoms with van der Waals surface area (Å²) >= 11 is 6.49. The van der Waals surface area contributed by atoms with Crippen molar-refractivity contribution in [2.75, 3.05) is 43.0 Å². The average Bonchev–Trinajstić information content (AvgIpc) is 3.40. The first-order valence-electron chi connectivity index (χ1n) is 10.7. The molecule has 3 heterocycles. The topological polar surface area (TPSA) is 89.0 Å². The molecule has 2 aromatic carbocycles. The number of aromatic hydroxyl groups is 1. The quantitative estimate of drug-likeness (QED) is 0.581. The maximum absolute atomic E-state index is 14.7. The molecule has 10 heteroatoms. The van der Waals surface area contributed by atoms with Gasteiger partial charge in [-0.05, 0) is 47.5 Å². The maximum Gasteiger partial charge on any atom is 0.324 e. The number of urea groups is 2. The molecular formula is C24H21ClFN5O3. The molecule has 174 valence electrons. The van der Waals surface area contributed by atoms with E-state index in [-0.39, 0.29) is 28.9 Å². The summed E-state index contributed by atoms with van der Waals surface area (Å²) in [4.78, 5) is 33.2. The molecule has 0 atom stereocenters. The van der Waals surface area contributed by atoms with Crippen LogP contribution in [0.4, 0.5) is 25.5 Å². The number of carbonyl (C=O) groups excluding carboxylic acids is 2. The lowest BCUT2D eigenvalue weighted by molar-refractivity contribution is 0.229. The number of phenolic OH excluding ortho intramolecular Hbond substituents is 1. The molecule has 0 aliphatic carbocycles. The van der Waals surface area contributed by atoms with Gasteiger partial charge >= 0.3 is 12.1 Å². The Morgan fingerprint density at radius 2 is 1.74 bits per heavy atom. The Kier molecular flexibility index (Phi) is 5.49. The lowest BCUT2D eigenvalue weighted by Gasteiger charge is -2.19. The molecule has 0 radical (unpaired) electrons. The summed E-state index contributed by atoms with van der Waals surface area (Å²) in [6.45, 7) is 2.09. The van der Waals surface area contributed by atoms with Gasteiger partial charge in [-0.1, -0.05) is 17.7 Å². The molecule has 5 rings (SSSR count). The van der Waals surface area contributed by atoms with Crippen molar-refractivity contribution >= 4 is 35.2 Å². The number of hydrogen-bond donors (Lipinski definition) is 2. The van der Waals surface area contributed by atoms with Crippen LogP contribution in [0.15, 0.2) is 48.7 Å². The summed E-state index contributed by atoms with van der Waals surface area (Å²) in [5.41, 5.74) is 2.08. The molecule has 0 bridgehead atoms. The van der Waals surface area contributed by atoms with Crippen molar-refractivity contribution in [2.24, 2.45) is 0 Å². The Hall–Kier alpha value is -3.85. The van der Waals surface area contributed by atoms with Gasteiger partial charge in [0.2, 0.25) is 0 Å². The minimum absolute atomic E-state index is 0.134. The lowest BCUT2D eigenvalue weighted by atomic mass is 9.97. The molecule has 4 amide bonds. The zero-order valence-corrected chi connectivity index (χ0v) is 19.0. The number of amides is 4. The number of rotatable bonds is 4. The Balaban J connectivity index is 1.53. The van der Waals surface area contributed by atoms with E-state index in [9.17, 15) is 19.1 Å². The van der Waals surface area contributed by atoms with Gasteiger partial charge < -0.3 is 15.3 Å². The number of benzene rings is 2. The number of nitrogens with zero attached hydrogens (tertiary/aromatic N) is 4. The van der Waals surface area contributed by atoms with Crippen LogP contribution in [0, 0.1) is 5.82 Å². The molecule has 2 saturated heterocycles. The van der Waals surface area contributed by atoms with E-state index in [0.29, 0.717) is 53.8 Å². The molecule has 0 spiro atoms. The predicted octanol–water partition coefficient (Wildman–Crippen LogP) is 4.32. The zero-order valence-electron chi connectivity index (χ0n) is 18.3. The standard InChI is InChI=1S/C24H21ClFN5O3/c1-29-8-9-30(24(29)34)20-3-2-14(10-19(20)25)17-12-16(26)13-18(22(17)32)15-4-5-27-21(11-15)31-7-6-28-23(31)33/h2-5,10-13,32H,6-9H2,1H3,(H,28,33). The Morgan fingerprint density at radius 3 is 2.35 bits per heavy atom. The van der Waals surface area contributed by atoms with Crippen molar-refractivity contribution in [3.05, 3.63) is 59.5 Å². The summed E-state index contributed by atoms with van der Waals surface area (Å²) in [7, 11) is 1.72. The van der Waals surface area contributed by atoms with Crippen LogP contribution in [-0.4, -0.2) is 60.3 Å². The molecule has 0 saturated carbocycles. The largest absolute Gasteiger partial charge is 0.507 e. The van der Waals surface area contributed by atoms with Crippen LogP contribution in [-0.2, 0) is 0 Å². The summed E-state index contributed by atoms with van der Waals surface area (Å²) in [5, 5.41) is 14.1. The highest BCUT2D eigenvalue weighted by Crippen LogP contribution is 2.41. The van der Waals surface area contributed by atoms with Gasteiger partial charge in [0.25, 0.3) is 0 Å². The van der Waals surface area contributed by atoms with Crippen molar-refractivity contribution in [1.82, 2.24) is 15.2 Å². The van der Waals surface area contributed by atoms with Gasteiger partial charge in [0.05, 0.1) is 10.7 Å². The third-order valence-corrected chi connectivity index (χ3v) is 6.33. The molecule has 3 aromatic rings. The van der Waals surface area contributed by atoms with Crippen LogP contribution in [0.3, 0.4) is 0 Å². The van der Waals surface area contributed by atoms with Gasteiger partial charge in [-0.2, -0.15) is 0 Å². The summed E-state index contributed by atoms with van der Waals surface area (Å²) < 4.78 is 14.7. The minimum Gasteiger partial charge on any atom is -0.507 e. The Labute approximate surface area is 200 Å².